The van der Waals surface area contributed by atoms with E-state index in [1.54, 1.807) is 11.1 Å². The number of hydrogen-bond donors (Lipinski definition) is 1. The minimum absolute atomic E-state index is 0.697. The van der Waals surface area contributed by atoms with Crippen molar-refractivity contribution in [3.05, 3.63) is 35.4 Å². The van der Waals surface area contributed by atoms with Crippen molar-refractivity contribution in [2.45, 2.75) is 50.2 Å². The molecule has 1 aromatic carbocycles. The summed E-state index contributed by atoms with van der Waals surface area (Å²) < 4.78 is 0. The summed E-state index contributed by atoms with van der Waals surface area (Å²) in [4.78, 5) is 2.75. The van der Waals surface area contributed by atoms with Crippen LogP contribution in [0.25, 0.3) is 0 Å². The third kappa shape index (κ3) is 1.79. The molecule has 96 valence electrons. The molecule has 3 atom stereocenters. The van der Waals surface area contributed by atoms with Gasteiger partial charge >= 0.3 is 0 Å². The van der Waals surface area contributed by atoms with Crippen LogP contribution < -0.4 is 5.32 Å². The van der Waals surface area contributed by atoms with Gasteiger partial charge in [0.2, 0.25) is 0 Å². The van der Waals surface area contributed by atoms with Gasteiger partial charge in [-0.05, 0) is 43.2 Å². The fourth-order valence-electron chi connectivity index (χ4n) is 4.17. The lowest BCUT2D eigenvalue weighted by molar-refractivity contribution is 0.187. The average Bonchev–Trinajstić information content (AvgIpc) is 2.94. The Morgan fingerprint density at radius 2 is 1.89 bits per heavy atom. The van der Waals surface area contributed by atoms with Gasteiger partial charge in [0.05, 0.1) is 0 Å². The smallest absolute Gasteiger partial charge is 0.0354 e. The summed E-state index contributed by atoms with van der Waals surface area (Å²) in [5.41, 5.74) is 3.19. The predicted octanol–water partition coefficient (Wildman–Crippen LogP) is 2.50. The first-order valence-corrected chi connectivity index (χ1v) is 7.48. The van der Waals surface area contributed by atoms with E-state index in [1.165, 1.54) is 45.2 Å². The normalized spacial score (nSPS) is 35.4. The number of fused-ring (bicyclic) bond motifs is 3. The van der Waals surface area contributed by atoms with Crippen molar-refractivity contribution in [2.24, 2.45) is 0 Å². The maximum atomic E-state index is 3.79. The average molecular weight is 242 g/mol. The quantitative estimate of drug-likeness (QED) is 0.814. The summed E-state index contributed by atoms with van der Waals surface area (Å²) in [6, 6.07) is 11.3. The molecule has 2 saturated heterocycles. The van der Waals surface area contributed by atoms with Gasteiger partial charge in [0.15, 0.2) is 0 Å². The first-order valence-electron chi connectivity index (χ1n) is 7.48. The van der Waals surface area contributed by atoms with E-state index in [0.29, 0.717) is 6.04 Å². The van der Waals surface area contributed by atoms with Crippen LogP contribution in [0.2, 0.25) is 0 Å². The molecule has 2 heterocycles. The zero-order valence-corrected chi connectivity index (χ0v) is 10.9. The molecule has 2 bridgehead atoms. The Hall–Kier alpha value is -0.860. The molecule has 1 aliphatic carbocycles. The van der Waals surface area contributed by atoms with Crippen LogP contribution >= 0.6 is 0 Å². The second kappa shape index (κ2) is 4.36. The Morgan fingerprint density at radius 3 is 2.89 bits per heavy atom. The summed E-state index contributed by atoms with van der Waals surface area (Å²) in [7, 11) is 0. The second-order valence-electron chi connectivity index (χ2n) is 6.17. The van der Waals surface area contributed by atoms with Crippen LogP contribution in [0.3, 0.4) is 0 Å². The van der Waals surface area contributed by atoms with Crippen LogP contribution in [0.1, 0.15) is 42.9 Å². The SMILES string of the molecule is c1ccc2c(c1)CCC2N1CCC2CCC(C1)N2. The van der Waals surface area contributed by atoms with Gasteiger partial charge in [0.1, 0.15) is 0 Å². The summed E-state index contributed by atoms with van der Waals surface area (Å²) >= 11 is 0. The first-order chi connectivity index (χ1) is 8.90. The summed E-state index contributed by atoms with van der Waals surface area (Å²) in [6.45, 7) is 2.54. The third-order valence-corrected chi connectivity index (χ3v) is 5.10. The number of rotatable bonds is 1. The number of hydrogen-bond acceptors (Lipinski definition) is 2. The van der Waals surface area contributed by atoms with Crippen molar-refractivity contribution in [3.8, 4) is 0 Å². The van der Waals surface area contributed by atoms with E-state index in [1.807, 2.05) is 0 Å². The largest absolute Gasteiger partial charge is 0.310 e. The van der Waals surface area contributed by atoms with Crippen LogP contribution in [0.5, 0.6) is 0 Å². The summed E-state index contributed by atoms with van der Waals surface area (Å²) in [5, 5.41) is 3.79. The van der Waals surface area contributed by atoms with E-state index < -0.39 is 0 Å². The summed E-state index contributed by atoms with van der Waals surface area (Å²) in [6.07, 6.45) is 6.74. The van der Waals surface area contributed by atoms with Crippen LogP contribution in [0.4, 0.5) is 0 Å². The summed E-state index contributed by atoms with van der Waals surface area (Å²) in [5.74, 6) is 0. The minimum atomic E-state index is 0.697. The molecule has 3 unspecified atom stereocenters. The maximum Gasteiger partial charge on any atom is 0.0354 e. The standard InChI is InChI=1S/C16H22N2/c1-2-4-15-12(3-1)5-8-16(15)18-10-9-13-6-7-14(11-18)17-13/h1-4,13-14,16-17H,5-11H2. The first kappa shape index (κ1) is 11.0. The van der Waals surface area contributed by atoms with E-state index in [0.717, 1.165) is 12.1 Å². The zero-order valence-electron chi connectivity index (χ0n) is 10.9. The number of nitrogens with zero attached hydrogens (tertiary/aromatic N) is 1. The number of benzene rings is 1. The molecule has 1 N–H and O–H groups in total. The van der Waals surface area contributed by atoms with E-state index in [2.05, 4.69) is 34.5 Å². The monoisotopic (exact) mass is 242 g/mol. The van der Waals surface area contributed by atoms with Gasteiger partial charge in [0.25, 0.3) is 0 Å². The molecule has 2 nitrogen and oxygen atoms in total. The van der Waals surface area contributed by atoms with Crippen molar-refractivity contribution < 1.29 is 0 Å². The van der Waals surface area contributed by atoms with Gasteiger partial charge in [-0.3, -0.25) is 4.90 Å². The maximum absolute atomic E-state index is 3.79. The Labute approximate surface area is 109 Å². The highest BCUT2D eigenvalue weighted by molar-refractivity contribution is 5.34. The molecule has 0 aromatic heterocycles. The molecule has 2 heteroatoms. The Balaban J connectivity index is 1.57. The van der Waals surface area contributed by atoms with E-state index >= 15 is 0 Å². The number of nitrogens with one attached hydrogen (secondary N) is 1. The highest BCUT2D eigenvalue weighted by atomic mass is 15.2. The fourth-order valence-corrected chi connectivity index (χ4v) is 4.17. The highest BCUT2D eigenvalue weighted by Gasteiger charge is 2.34. The topological polar surface area (TPSA) is 15.3 Å². The van der Waals surface area contributed by atoms with Gasteiger partial charge in [-0.2, -0.15) is 0 Å². The molecule has 1 aromatic rings. The molecular weight excluding hydrogens is 220 g/mol. The third-order valence-electron chi connectivity index (χ3n) is 5.10. The van der Waals surface area contributed by atoms with Crippen molar-refractivity contribution in [2.75, 3.05) is 13.1 Å². The van der Waals surface area contributed by atoms with Crippen molar-refractivity contribution in [1.29, 1.82) is 0 Å². The van der Waals surface area contributed by atoms with Crippen LogP contribution in [-0.4, -0.2) is 30.1 Å². The van der Waals surface area contributed by atoms with Gasteiger partial charge < -0.3 is 5.32 Å². The van der Waals surface area contributed by atoms with Gasteiger partial charge in [-0.1, -0.05) is 24.3 Å². The van der Waals surface area contributed by atoms with Gasteiger partial charge in [-0.15, -0.1) is 0 Å². The lowest BCUT2D eigenvalue weighted by Crippen LogP contribution is -2.37. The van der Waals surface area contributed by atoms with Crippen LogP contribution in [0.15, 0.2) is 24.3 Å². The second-order valence-corrected chi connectivity index (χ2v) is 6.17. The Bertz CT molecular complexity index is 442. The molecule has 0 radical (unpaired) electrons. The molecular formula is C16H22N2. The Morgan fingerprint density at radius 1 is 1.00 bits per heavy atom. The van der Waals surface area contributed by atoms with Crippen LogP contribution in [-0.2, 0) is 6.42 Å². The number of aryl methyl sites for hydroxylation is 1. The molecule has 18 heavy (non-hydrogen) atoms. The molecule has 0 saturated carbocycles. The van der Waals surface area contributed by atoms with E-state index in [-0.39, 0.29) is 0 Å². The molecule has 0 spiro atoms. The molecule has 2 aliphatic heterocycles. The molecule has 4 rings (SSSR count). The lowest BCUT2D eigenvalue weighted by atomic mass is 10.0. The predicted molar refractivity (Wildman–Crippen MR) is 73.6 cm³/mol. The highest BCUT2D eigenvalue weighted by Crippen LogP contribution is 2.37. The van der Waals surface area contributed by atoms with Gasteiger partial charge in [-0.25, -0.2) is 0 Å². The lowest BCUT2D eigenvalue weighted by Gasteiger charge is -2.30. The molecule has 0 amide bonds. The molecule has 2 fully saturated rings. The van der Waals surface area contributed by atoms with Crippen molar-refractivity contribution in [3.63, 3.8) is 0 Å². The van der Waals surface area contributed by atoms with Crippen LogP contribution in [0, 0.1) is 0 Å². The zero-order chi connectivity index (χ0) is 11.9. The van der Waals surface area contributed by atoms with E-state index in [4.69, 9.17) is 0 Å². The van der Waals surface area contributed by atoms with Gasteiger partial charge in [0, 0.05) is 31.2 Å². The Kier molecular flexibility index (Phi) is 2.66. The van der Waals surface area contributed by atoms with E-state index in [9.17, 15) is 0 Å². The number of likely N-dealkylation sites (tertiary alicyclic amines) is 1. The minimum Gasteiger partial charge on any atom is -0.310 e. The van der Waals surface area contributed by atoms with Crippen molar-refractivity contribution in [1.82, 2.24) is 10.2 Å². The molecule has 3 aliphatic rings. The van der Waals surface area contributed by atoms with Crippen molar-refractivity contribution >= 4 is 0 Å². The fraction of sp³-hybridized carbons (Fsp3) is 0.625.